The molecule has 0 radical (unpaired) electrons. The van der Waals surface area contributed by atoms with Gasteiger partial charge in [-0.2, -0.15) is 0 Å². The molecule has 0 spiro atoms. The van der Waals surface area contributed by atoms with Gasteiger partial charge in [0.15, 0.2) is 5.84 Å². The standard InChI is InChI=1S/C15H25FN4O/c1-15(2,10-20(3)4)9-18-8-11-5-6-12(16)7-13(11)14(17)19-21/h5-7,18,21H,8-10H2,1-4H3,(H2,17,19). The summed E-state index contributed by atoms with van der Waals surface area (Å²) in [6, 6.07) is 4.29. The van der Waals surface area contributed by atoms with Gasteiger partial charge in [0.2, 0.25) is 0 Å². The molecule has 0 aliphatic rings. The van der Waals surface area contributed by atoms with Crippen LogP contribution in [0.15, 0.2) is 23.4 Å². The number of hydrogen-bond donors (Lipinski definition) is 3. The molecule has 1 aromatic carbocycles. The molecular weight excluding hydrogens is 271 g/mol. The minimum absolute atomic E-state index is 0.0844. The summed E-state index contributed by atoms with van der Waals surface area (Å²) in [5.74, 6) is -0.493. The molecule has 118 valence electrons. The van der Waals surface area contributed by atoms with E-state index in [1.807, 2.05) is 14.1 Å². The highest BCUT2D eigenvalue weighted by atomic mass is 19.1. The number of nitrogens with one attached hydrogen (secondary N) is 1. The van der Waals surface area contributed by atoms with Crippen molar-refractivity contribution in [1.29, 1.82) is 0 Å². The van der Waals surface area contributed by atoms with Gasteiger partial charge in [0.25, 0.3) is 0 Å². The molecule has 0 atom stereocenters. The second-order valence-electron chi connectivity index (χ2n) is 6.29. The fourth-order valence-electron chi connectivity index (χ4n) is 2.44. The number of amidine groups is 1. The maximum Gasteiger partial charge on any atom is 0.170 e. The Bertz CT molecular complexity index is 500. The molecule has 21 heavy (non-hydrogen) atoms. The lowest BCUT2D eigenvalue weighted by Crippen LogP contribution is -2.37. The summed E-state index contributed by atoms with van der Waals surface area (Å²) in [6.07, 6.45) is 0. The van der Waals surface area contributed by atoms with E-state index in [-0.39, 0.29) is 11.3 Å². The predicted molar refractivity (Wildman–Crippen MR) is 83.0 cm³/mol. The minimum Gasteiger partial charge on any atom is -0.409 e. The quantitative estimate of drug-likeness (QED) is 0.309. The molecule has 4 N–H and O–H groups in total. The molecule has 5 nitrogen and oxygen atoms in total. The van der Waals surface area contributed by atoms with Crippen LogP contribution in [-0.4, -0.2) is 43.1 Å². The van der Waals surface area contributed by atoms with E-state index in [9.17, 15) is 4.39 Å². The molecule has 0 bridgehead atoms. The second kappa shape index (κ2) is 7.38. The number of nitrogens with zero attached hydrogens (tertiary/aromatic N) is 2. The molecule has 6 heteroatoms. The van der Waals surface area contributed by atoms with E-state index in [4.69, 9.17) is 10.9 Å². The highest BCUT2D eigenvalue weighted by molar-refractivity contribution is 5.98. The van der Waals surface area contributed by atoms with E-state index in [1.54, 1.807) is 6.07 Å². The van der Waals surface area contributed by atoms with Gasteiger partial charge in [-0.3, -0.25) is 0 Å². The maximum absolute atomic E-state index is 13.3. The summed E-state index contributed by atoms with van der Waals surface area (Å²) in [5, 5.41) is 15.1. The van der Waals surface area contributed by atoms with Crippen LogP contribution in [0.1, 0.15) is 25.0 Å². The fourth-order valence-corrected chi connectivity index (χ4v) is 2.44. The molecule has 0 aromatic heterocycles. The average molecular weight is 296 g/mol. The fraction of sp³-hybridized carbons (Fsp3) is 0.533. The van der Waals surface area contributed by atoms with Crippen LogP contribution >= 0.6 is 0 Å². The number of oxime groups is 1. The molecule has 0 unspecified atom stereocenters. The molecule has 0 aliphatic carbocycles. The minimum atomic E-state index is -0.409. The number of rotatable bonds is 7. The largest absolute Gasteiger partial charge is 0.409 e. The maximum atomic E-state index is 13.3. The van der Waals surface area contributed by atoms with Gasteiger partial charge in [0.05, 0.1) is 0 Å². The van der Waals surface area contributed by atoms with Gasteiger partial charge in [0.1, 0.15) is 5.82 Å². The number of halogens is 1. The third-order valence-electron chi connectivity index (χ3n) is 3.12. The average Bonchev–Trinajstić information content (AvgIpc) is 2.37. The first-order valence-corrected chi connectivity index (χ1v) is 6.87. The van der Waals surface area contributed by atoms with Crippen LogP contribution in [0.5, 0.6) is 0 Å². The van der Waals surface area contributed by atoms with Crippen molar-refractivity contribution in [3.8, 4) is 0 Å². The second-order valence-corrected chi connectivity index (χ2v) is 6.29. The van der Waals surface area contributed by atoms with Crippen molar-refractivity contribution >= 4 is 5.84 Å². The molecule has 0 saturated carbocycles. The van der Waals surface area contributed by atoms with Gasteiger partial charge in [-0.15, -0.1) is 0 Å². The third kappa shape index (κ3) is 5.69. The van der Waals surface area contributed by atoms with E-state index in [1.165, 1.54) is 12.1 Å². The Kier molecular flexibility index (Phi) is 6.11. The first kappa shape index (κ1) is 17.4. The van der Waals surface area contributed by atoms with Crippen LogP contribution in [0.3, 0.4) is 0 Å². The van der Waals surface area contributed by atoms with Crippen LogP contribution in [0.2, 0.25) is 0 Å². The summed E-state index contributed by atoms with van der Waals surface area (Å²) >= 11 is 0. The zero-order chi connectivity index (χ0) is 16.0. The zero-order valence-electron chi connectivity index (χ0n) is 13.2. The van der Waals surface area contributed by atoms with Gasteiger partial charge in [-0.25, -0.2) is 4.39 Å². The summed E-state index contributed by atoms with van der Waals surface area (Å²) in [7, 11) is 4.08. The molecule has 0 amide bonds. The van der Waals surface area contributed by atoms with Gasteiger partial charge < -0.3 is 21.2 Å². The Hall–Kier alpha value is -1.66. The van der Waals surface area contributed by atoms with Gasteiger partial charge in [0, 0.05) is 25.2 Å². The first-order chi connectivity index (χ1) is 9.75. The van der Waals surface area contributed by atoms with Gasteiger partial charge in [-0.05, 0) is 37.2 Å². The molecule has 1 rings (SSSR count). The normalized spacial score (nSPS) is 13.0. The van der Waals surface area contributed by atoms with Crippen LogP contribution in [-0.2, 0) is 6.54 Å². The Balaban J connectivity index is 2.72. The van der Waals surface area contributed by atoms with Crippen LogP contribution in [0, 0.1) is 11.2 Å². The van der Waals surface area contributed by atoms with Crippen molar-refractivity contribution in [1.82, 2.24) is 10.2 Å². The lowest BCUT2D eigenvalue weighted by molar-refractivity contribution is 0.232. The summed E-state index contributed by atoms with van der Waals surface area (Å²) in [5.41, 5.74) is 6.91. The Morgan fingerprint density at radius 2 is 2.10 bits per heavy atom. The van der Waals surface area contributed by atoms with E-state index in [0.717, 1.165) is 18.7 Å². The van der Waals surface area contributed by atoms with Crippen molar-refractivity contribution in [2.24, 2.45) is 16.3 Å². The SMILES string of the molecule is CN(C)CC(C)(C)CNCc1ccc(F)cc1C(N)=NO. The topological polar surface area (TPSA) is 73.9 Å². The van der Waals surface area contributed by atoms with E-state index < -0.39 is 5.82 Å². The van der Waals surface area contributed by atoms with E-state index >= 15 is 0 Å². The van der Waals surface area contributed by atoms with E-state index in [2.05, 4.69) is 29.2 Å². The first-order valence-electron chi connectivity index (χ1n) is 6.87. The summed E-state index contributed by atoms with van der Waals surface area (Å²) in [4.78, 5) is 2.14. The molecule has 0 fully saturated rings. The molecular formula is C15H25FN4O. The van der Waals surface area contributed by atoms with Gasteiger partial charge >= 0.3 is 0 Å². The predicted octanol–water partition coefficient (Wildman–Crippen LogP) is 1.60. The highest BCUT2D eigenvalue weighted by Crippen LogP contribution is 2.16. The molecule has 1 aromatic rings. The Morgan fingerprint density at radius 3 is 2.67 bits per heavy atom. The van der Waals surface area contributed by atoms with Crippen LogP contribution in [0.25, 0.3) is 0 Å². The lowest BCUT2D eigenvalue weighted by atomic mass is 9.93. The Labute approximate surface area is 125 Å². The van der Waals surface area contributed by atoms with Crippen molar-refractivity contribution in [3.05, 3.63) is 35.1 Å². The lowest BCUT2D eigenvalue weighted by Gasteiger charge is -2.28. The monoisotopic (exact) mass is 296 g/mol. The Morgan fingerprint density at radius 1 is 1.43 bits per heavy atom. The summed E-state index contributed by atoms with van der Waals surface area (Å²) in [6.45, 7) is 6.64. The van der Waals surface area contributed by atoms with Crippen LogP contribution in [0.4, 0.5) is 4.39 Å². The zero-order valence-corrected chi connectivity index (χ0v) is 13.2. The van der Waals surface area contributed by atoms with Crippen molar-refractivity contribution in [3.63, 3.8) is 0 Å². The number of nitrogens with two attached hydrogens (primary N) is 1. The molecule has 0 aliphatic heterocycles. The smallest absolute Gasteiger partial charge is 0.170 e. The van der Waals surface area contributed by atoms with Gasteiger partial charge in [-0.1, -0.05) is 25.1 Å². The molecule has 0 heterocycles. The number of benzene rings is 1. The number of hydrogen-bond acceptors (Lipinski definition) is 4. The van der Waals surface area contributed by atoms with Crippen molar-refractivity contribution in [2.75, 3.05) is 27.2 Å². The summed E-state index contributed by atoms with van der Waals surface area (Å²) < 4.78 is 13.3. The van der Waals surface area contributed by atoms with Crippen molar-refractivity contribution < 1.29 is 9.60 Å². The van der Waals surface area contributed by atoms with Crippen LogP contribution < -0.4 is 11.1 Å². The van der Waals surface area contributed by atoms with Crippen molar-refractivity contribution in [2.45, 2.75) is 20.4 Å². The molecule has 0 saturated heterocycles. The highest BCUT2D eigenvalue weighted by Gasteiger charge is 2.18. The van der Waals surface area contributed by atoms with E-state index in [0.29, 0.717) is 12.1 Å². The third-order valence-corrected chi connectivity index (χ3v) is 3.12.